The molecule has 1 aliphatic carbocycles. The van der Waals surface area contributed by atoms with Crippen LogP contribution < -0.4 is 0 Å². The van der Waals surface area contributed by atoms with Gasteiger partial charge in [-0.25, -0.2) is 0 Å². The lowest BCUT2D eigenvalue weighted by Gasteiger charge is -2.03. The van der Waals surface area contributed by atoms with Gasteiger partial charge in [0.1, 0.15) is 0 Å². The Balaban J connectivity index is 3.06. The zero-order valence-electron chi connectivity index (χ0n) is 11.7. The third-order valence-electron chi connectivity index (χ3n) is 2.66. The van der Waals surface area contributed by atoms with E-state index in [1.165, 1.54) is 5.57 Å². The molecule has 0 fully saturated rings. The van der Waals surface area contributed by atoms with E-state index in [2.05, 4.69) is 55.8 Å². The number of rotatable bonds is 3. The predicted molar refractivity (Wildman–Crippen MR) is 79.8 cm³/mol. The summed E-state index contributed by atoms with van der Waals surface area (Å²) in [5, 5.41) is 0. The van der Waals surface area contributed by atoms with E-state index < -0.39 is 0 Å². The van der Waals surface area contributed by atoms with Crippen LogP contribution in [0.15, 0.2) is 46.6 Å². The van der Waals surface area contributed by atoms with Gasteiger partial charge in [0.25, 0.3) is 0 Å². The highest BCUT2D eigenvalue weighted by Crippen LogP contribution is 2.15. The molecule has 0 unspecified atom stereocenters. The number of hydrogen-bond donors (Lipinski definition) is 0. The summed E-state index contributed by atoms with van der Waals surface area (Å²) in [5.74, 6) is 12.3. The van der Waals surface area contributed by atoms with Gasteiger partial charge in [0.2, 0.25) is 0 Å². The van der Waals surface area contributed by atoms with Crippen LogP contribution in [0.5, 0.6) is 0 Å². The third kappa shape index (κ3) is 4.52. The van der Waals surface area contributed by atoms with E-state index in [1.807, 2.05) is 19.9 Å². The maximum atomic E-state index is 3.18. The van der Waals surface area contributed by atoms with Crippen molar-refractivity contribution in [3.63, 3.8) is 0 Å². The van der Waals surface area contributed by atoms with Gasteiger partial charge in [-0.1, -0.05) is 43.3 Å². The van der Waals surface area contributed by atoms with Gasteiger partial charge < -0.3 is 0 Å². The first-order valence-electron chi connectivity index (χ1n) is 6.38. The van der Waals surface area contributed by atoms with Gasteiger partial charge in [0, 0.05) is 5.57 Å². The summed E-state index contributed by atoms with van der Waals surface area (Å²) in [4.78, 5) is 0. The average molecular weight is 236 g/mol. The molecule has 1 rings (SSSR count). The van der Waals surface area contributed by atoms with Gasteiger partial charge in [0.05, 0.1) is 0 Å². The van der Waals surface area contributed by atoms with E-state index in [4.69, 9.17) is 0 Å². The lowest BCUT2D eigenvalue weighted by Crippen LogP contribution is -1.86. The Morgan fingerprint density at radius 3 is 2.83 bits per heavy atom. The van der Waals surface area contributed by atoms with Gasteiger partial charge in [-0.15, -0.1) is 5.92 Å². The molecule has 18 heavy (non-hydrogen) atoms. The van der Waals surface area contributed by atoms with Crippen LogP contribution in [0.3, 0.4) is 0 Å². The van der Waals surface area contributed by atoms with Crippen LogP contribution in [0, 0.1) is 23.7 Å². The summed E-state index contributed by atoms with van der Waals surface area (Å²) < 4.78 is 0. The van der Waals surface area contributed by atoms with E-state index in [1.54, 1.807) is 0 Å². The molecule has 0 saturated carbocycles. The van der Waals surface area contributed by atoms with Crippen LogP contribution in [0.2, 0.25) is 0 Å². The lowest BCUT2D eigenvalue weighted by atomic mass is 10.0. The monoisotopic (exact) mass is 236 g/mol. The molecule has 0 spiro atoms. The molecule has 0 heterocycles. The van der Waals surface area contributed by atoms with Gasteiger partial charge in [-0.3, -0.25) is 0 Å². The van der Waals surface area contributed by atoms with Gasteiger partial charge in [-0.2, -0.15) is 0 Å². The van der Waals surface area contributed by atoms with Crippen molar-refractivity contribution >= 4 is 0 Å². The Kier molecular flexibility index (Phi) is 5.83. The first kappa shape index (κ1) is 14.1. The SMILES string of the molecule is CC#CC(C)=CC1=C(C)C#CC=C(CCC)C=C1. The van der Waals surface area contributed by atoms with Crippen LogP contribution >= 0.6 is 0 Å². The van der Waals surface area contributed by atoms with E-state index in [9.17, 15) is 0 Å². The standard InChI is InChI=1S/C18H20/c1-5-8-15(3)14-18-13-12-17(9-6-2)11-7-10-16(18)4/h11-14H,6,9H2,1-4H3. The topological polar surface area (TPSA) is 0 Å². The molecule has 0 aromatic rings. The minimum absolute atomic E-state index is 1.07. The highest BCUT2D eigenvalue weighted by Gasteiger charge is 1.98. The molecule has 0 saturated heterocycles. The molecule has 0 nitrogen and oxygen atoms in total. The molecule has 1 aliphatic rings. The van der Waals surface area contributed by atoms with Crippen LogP contribution in [0.1, 0.15) is 40.5 Å². The fourth-order valence-corrected chi connectivity index (χ4v) is 1.75. The second kappa shape index (κ2) is 7.41. The molecule has 0 N–H and O–H groups in total. The van der Waals surface area contributed by atoms with Crippen molar-refractivity contribution in [3.05, 3.63) is 46.6 Å². The minimum Gasteiger partial charge on any atom is -0.102 e. The van der Waals surface area contributed by atoms with Crippen LogP contribution in [0.4, 0.5) is 0 Å². The van der Waals surface area contributed by atoms with Crippen LogP contribution in [-0.2, 0) is 0 Å². The van der Waals surface area contributed by atoms with E-state index in [0.717, 1.165) is 29.6 Å². The van der Waals surface area contributed by atoms with Crippen molar-refractivity contribution < 1.29 is 0 Å². The molecule has 0 heteroatoms. The van der Waals surface area contributed by atoms with Gasteiger partial charge >= 0.3 is 0 Å². The van der Waals surface area contributed by atoms with Crippen molar-refractivity contribution in [2.24, 2.45) is 0 Å². The number of hydrogen-bond acceptors (Lipinski definition) is 0. The summed E-state index contributed by atoms with van der Waals surface area (Å²) >= 11 is 0. The molecule has 0 aliphatic heterocycles. The Bertz CT molecular complexity index is 540. The first-order valence-corrected chi connectivity index (χ1v) is 6.38. The molecule has 0 atom stereocenters. The Morgan fingerprint density at radius 2 is 2.17 bits per heavy atom. The zero-order valence-corrected chi connectivity index (χ0v) is 11.7. The molecular weight excluding hydrogens is 216 g/mol. The Labute approximate surface area is 111 Å². The maximum Gasteiger partial charge on any atom is 0.00654 e. The van der Waals surface area contributed by atoms with E-state index in [0.29, 0.717) is 0 Å². The molecule has 92 valence electrons. The quantitative estimate of drug-likeness (QED) is 0.630. The zero-order chi connectivity index (χ0) is 13.4. The van der Waals surface area contributed by atoms with Crippen molar-refractivity contribution in [1.82, 2.24) is 0 Å². The van der Waals surface area contributed by atoms with Crippen molar-refractivity contribution in [2.45, 2.75) is 40.5 Å². The smallest absolute Gasteiger partial charge is 0.00654 e. The van der Waals surface area contributed by atoms with Crippen molar-refractivity contribution in [2.75, 3.05) is 0 Å². The summed E-state index contributed by atoms with van der Waals surface area (Å²) in [6, 6.07) is 0. The Morgan fingerprint density at radius 1 is 1.39 bits per heavy atom. The van der Waals surface area contributed by atoms with Crippen molar-refractivity contribution in [3.8, 4) is 23.7 Å². The third-order valence-corrected chi connectivity index (χ3v) is 2.66. The highest BCUT2D eigenvalue weighted by molar-refractivity contribution is 5.51. The molecular formula is C18H20. The second-order valence-electron chi connectivity index (χ2n) is 4.35. The molecule has 0 bridgehead atoms. The summed E-state index contributed by atoms with van der Waals surface area (Å²) in [7, 11) is 0. The Hall–Kier alpha value is -1.92. The lowest BCUT2D eigenvalue weighted by molar-refractivity contribution is 0.927. The van der Waals surface area contributed by atoms with Crippen LogP contribution in [-0.4, -0.2) is 0 Å². The second-order valence-corrected chi connectivity index (χ2v) is 4.35. The fourth-order valence-electron chi connectivity index (χ4n) is 1.75. The summed E-state index contributed by atoms with van der Waals surface area (Å²) in [6.07, 6.45) is 10.7. The first-order chi connectivity index (χ1) is 8.67. The molecule has 0 aromatic heterocycles. The molecule has 0 radical (unpaired) electrons. The van der Waals surface area contributed by atoms with Gasteiger partial charge in [0.15, 0.2) is 0 Å². The van der Waals surface area contributed by atoms with E-state index >= 15 is 0 Å². The molecule has 0 amide bonds. The van der Waals surface area contributed by atoms with Gasteiger partial charge in [-0.05, 0) is 56.1 Å². The summed E-state index contributed by atoms with van der Waals surface area (Å²) in [5.41, 5.74) is 4.61. The van der Waals surface area contributed by atoms with E-state index in [-0.39, 0.29) is 0 Å². The normalized spacial score (nSPS) is 14.9. The largest absolute Gasteiger partial charge is 0.102 e. The molecule has 0 aromatic carbocycles. The highest BCUT2D eigenvalue weighted by atomic mass is 14.0. The predicted octanol–water partition coefficient (Wildman–Crippen LogP) is 4.57. The number of allylic oxidation sites excluding steroid dienone is 8. The maximum absolute atomic E-state index is 3.18. The minimum atomic E-state index is 1.07. The van der Waals surface area contributed by atoms with Crippen LogP contribution in [0.25, 0.3) is 0 Å². The van der Waals surface area contributed by atoms with Crippen molar-refractivity contribution in [1.29, 1.82) is 0 Å². The average Bonchev–Trinajstić information content (AvgIpc) is 2.32. The summed E-state index contributed by atoms with van der Waals surface area (Å²) in [6.45, 7) is 8.12. The fraction of sp³-hybridized carbons (Fsp3) is 0.333.